The number of carboxylic acids is 1. The smallest absolute Gasteiger partial charge is 0.681 e. The molecule has 3 aliphatic rings. The number of rotatable bonds is 5. The number of ether oxygens (including phenoxy) is 1. The fourth-order valence-corrected chi connectivity index (χ4v) is 6.96. The zero-order valence-corrected chi connectivity index (χ0v) is 26.8. The van der Waals surface area contributed by atoms with Gasteiger partial charge >= 0.3 is 35.0 Å². The monoisotopic (exact) mass is 591 g/mol. The molecule has 6 rings (SSSR count). The second-order valence-corrected chi connectivity index (χ2v) is 11.6. The molecular weight excluding hydrogens is 557 g/mol. The van der Waals surface area contributed by atoms with E-state index in [0.717, 1.165) is 50.9 Å². The second-order valence-electron chi connectivity index (χ2n) is 11.6. The van der Waals surface area contributed by atoms with Crippen LogP contribution in [0.3, 0.4) is 0 Å². The molecular formula is C33H35MgN4O5-. The number of nitrogens with one attached hydrogen (secondary N) is 1. The van der Waals surface area contributed by atoms with E-state index in [1.54, 1.807) is 0 Å². The van der Waals surface area contributed by atoms with Gasteiger partial charge in [0.1, 0.15) is 11.7 Å². The number of aromatic nitrogens is 3. The summed E-state index contributed by atoms with van der Waals surface area (Å²) in [6.07, 6.45) is 7.15. The summed E-state index contributed by atoms with van der Waals surface area (Å²) in [6.45, 7) is 10.2. The summed E-state index contributed by atoms with van der Waals surface area (Å²) in [5, 5.41) is 29.2. The van der Waals surface area contributed by atoms with Gasteiger partial charge in [-0.25, -0.2) is 0 Å². The van der Waals surface area contributed by atoms with Crippen LogP contribution in [0.15, 0.2) is 11.8 Å². The molecule has 0 aromatic carbocycles. The molecule has 1 fully saturated rings. The number of aryl methyl sites for hydroxylation is 1. The molecule has 2 aliphatic heterocycles. The Kier molecular flexibility index (Phi) is 8.21. The van der Waals surface area contributed by atoms with Crippen LogP contribution < -0.4 is 31.2 Å². The third-order valence-electron chi connectivity index (χ3n) is 9.27. The molecule has 10 heteroatoms. The fourth-order valence-electron chi connectivity index (χ4n) is 6.96. The number of fused-ring (bicyclic) bond motifs is 8. The number of nitrogens with zero attached hydrogens (tertiary/aromatic N) is 3. The van der Waals surface area contributed by atoms with E-state index in [-0.39, 0.29) is 47.1 Å². The normalized spacial score (nSPS) is 24.7. The molecule has 0 radical (unpaired) electrons. The molecule has 43 heavy (non-hydrogen) atoms. The molecule has 3 aromatic rings. The molecule has 1 saturated heterocycles. The Morgan fingerprint density at radius 2 is 1.79 bits per heavy atom. The molecule has 9 nitrogen and oxygen atoms in total. The zero-order chi connectivity index (χ0) is 30.0. The predicted octanol–water partition coefficient (Wildman–Crippen LogP) is 1.54. The summed E-state index contributed by atoms with van der Waals surface area (Å²) in [5.74, 6) is -2.99. The number of hydrogen-bond acceptors (Lipinski definition) is 4. The standard InChI is InChI=1S/C33H35N4O5.Mg/c1-7-19-15(3)22-11-18-10-14(2)21(34-18)12-23-16(4)20(8-9-26(38)39)30(36-23)28-29(33(41)42-6)32(40)27-17(5)24(37-31(27)28)13-25(19)35-22;/h10-13,16,20,29-30,35,40H,7-9H2,1-6H3,(H,38,39);/q-3;+2/b22-11-,23-12+,25-13-;/t16-,20-,29+,30?;/m0./s1. The van der Waals surface area contributed by atoms with Crippen molar-refractivity contribution in [2.24, 2.45) is 17.8 Å². The average Bonchev–Trinajstić information content (AvgIpc) is 3.69. The van der Waals surface area contributed by atoms with E-state index in [9.17, 15) is 19.8 Å². The van der Waals surface area contributed by atoms with E-state index in [0.29, 0.717) is 28.3 Å². The molecule has 1 aliphatic carbocycles. The van der Waals surface area contributed by atoms with Crippen molar-refractivity contribution in [3.05, 3.63) is 77.7 Å². The van der Waals surface area contributed by atoms with Crippen LogP contribution in [0.2, 0.25) is 0 Å². The number of aromatic amines is 1. The van der Waals surface area contributed by atoms with Gasteiger partial charge in [0.15, 0.2) is 0 Å². The first-order valence-electron chi connectivity index (χ1n) is 14.4. The number of allylic oxidation sites excluding steroid dienone is 1. The number of hydrogen-bond donors (Lipinski definition) is 3. The summed E-state index contributed by atoms with van der Waals surface area (Å²) in [7, 11) is 1.30. The summed E-state index contributed by atoms with van der Waals surface area (Å²) >= 11 is 0. The number of aliphatic hydroxyl groups excluding tert-OH is 1. The molecule has 3 N–H and O–H groups in total. The number of carboxylic acid groups (broad SMARTS) is 1. The fraction of sp³-hybridized carbons (Fsp3) is 0.394. The van der Waals surface area contributed by atoms with Gasteiger partial charge in [-0.3, -0.25) is 9.59 Å². The van der Waals surface area contributed by atoms with Crippen LogP contribution in [0.25, 0.3) is 34.9 Å². The van der Waals surface area contributed by atoms with Gasteiger partial charge in [-0.1, -0.05) is 60.9 Å². The predicted molar refractivity (Wildman–Crippen MR) is 165 cm³/mol. The average molecular weight is 592 g/mol. The van der Waals surface area contributed by atoms with Gasteiger partial charge in [0, 0.05) is 22.3 Å². The molecule has 3 aromatic heterocycles. The number of aliphatic carboxylic acids is 1. The van der Waals surface area contributed by atoms with Crippen LogP contribution in [0.4, 0.5) is 0 Å². The molecule has 220 valence electrons. The van der Waals surface area contributed by atoms with Crippen LogP contribution in [0.5, 0.6) is 0 Å². The van der Waals surface area contributed by atoms with E-state index in [1.807, 2.05) is 39.0 Å². The Balaban J connectivity index is 0.00000368. The maximum atomic E-state index is 13.2. The molecule has 8 bridgehead atoms. The van der Waals surface area contributed by atoms with E-state index >= 15 is 0 Å². The van der Waals surface area contributed by atoms with Gasteiger partial charge in [-0.2, -0.15) is 5.70 Å². The van der Waals surface area contributed by atoms with E-state index < -0.39 is 23.9 Å². The summed E-state index contributed by atoms with van der Waals surface area (Å²) < 4.78 is 5.16. The SMILES string of the molecule is CCc1c(C)/c2[nH]/c1=C\c1[n-]c3c(c1C)=C(O)[C@H](C(=O)OC)C=3C1[N-]/C(=C/c3[n-]c(cc3C)\C=2)[C@@H](C)[C@@H]1CCC(=O)O.[Mg+2]. The van der Waals surface area contributed by atoms with Gasteiger partial charge < -0.3 is 35.2 Å². The maximum absolute atomic E-state index is 13.2. The van der Waals surface area contributed by atoms with Crippen LogP contribution in [-0.2, 0) is 20.7 Å². The quantitative estimate of drug-likeness (QED) is 0.302. The van der Waals surface area contributed by atoms with Crippen molar-refractivity contribution in [2.45, 2.75) is 59.9 Å². The van der Waals surface area contributed by atoms with Gasteiger partial charge in [0.25, 0.3) is 0 Å². The Bertz CT molecular complexity index is 1920. The molecule has 1 unspecified atom stereocenters. The number of carbonyl (C=O) groups excluding carboxylic acids is 1. The number of aliphatic hydroxyl groups is 1. The molecule has 4 atom stereocenters. The summed E-state index contributed by atoms with van der Waals surface area (Å²) in [4.78, 5) is 38.3. The Labute approximate surface area is 265 Å². The number of carbonyl (C=O) groups is 2. The third-order valence-corrected chi connectivity index (χ3v) is 9.27. The third kappa shape index (κ3) is 4.94. The Morgan fingerprint density at radius 3 is 2.47 bits per heavy atom. The van der Waals surface area contributed by atoms with Gasteiger partial charge in [0.05, 0.1) is 7.11 Å². The summed E-state index contributed by atoms with van der Waals surface area (Å²) in [6, 6.07) is 1.48. The number of esters is 1. The molecule has 5 heterocycles. The number of H-pyrrole nitrogens is 1. The van der Waals surface area contributed by atoms with Crippen molar-refractivity contribution in [3.8, 4) is 0 Å². The van der Waals surface area contributed by atoms with Crippen LogP contribution in [0.1, 0.15) is 66.0 Å². The van der Waals surface area contributed by atoms with E-state index in [2.05, 4.69) is 24.9 Å². The topological polar surface area (TPSA) is 142 Å². The van der Waals surface area contributed by atoms with Gasteiger partial charge in [0.2, 0.25) is 0 Å². The number of methoxy groups -OCH3 is 1. The second kappa shape index (κ2) is 11.5. The minimum Gasteiger partial charge on any atom is -0.681 e. The minimum absolute atomic E-state index is 0. The van der Waals surface area contributed by atoms with Crippen molar-refractivity contribution < 1.29 is 24.5 Å². The minimum atomic E-state index is -1.06. The van der Waals surface area contributed by atoms with Crippen molar-refractivity contribution in [1.29, 1.82) is 0 Å². The van der Waals surface area contributed by atoms with Crippen molar-refractivity contribution in [2.75, 3.05) is 7.11 Å². The van der Waals surface area contributed by atoms with Crippen molar-refractivity contribution >= 4 is 64.6 Å². The maximum Gasteiger partial charge on any atom is 2.00 e. The van der Waals surface area contributed by atoms with Gasteiger partial charge in [-0.05, 0) is 56.6 Å². The molecule has 0 spiro atoms. The van der Waals surface area contributed by atoms with Gasteiger partial charge in [-0.15, -0.1) is 22.4 Å². The molecule has 0 amide bonds. The van der Waals surface area contributed by atoms with Crippen LogP contribution in [-0.4, -0.2) is 63.3 Å². The molecule has 0 saturated carbocycles. The van der Waals surface area contributed by atoms with Crippen LogP contribution in [0, 0.1) is 38.5 Å². The zero-order valence-electron chi connectivity index (χ0n) is 25.4. The largest absolute Gasteiger partial charge is 2.00 e. The first-order chi connectivity index (χ1) is 20.0. The van der Waals surface area contributed by atoms with Crippen LogP contribution >= 0.6 is 0 Å². The van der Waals surface area contributed by atoms with Crippen molar-refractivity contribution in [1.82, 2.24) is 15.0 Å². The van der Waals surface area contributed by atoms with E-state index in [1.165, 1.54) is 12.7 Å². The van der Waals surface area contributed by atoms with E-state index in [4.69, 9.17) is 20.0 Å². The first kappa shape index (κ1) is 30.8. The Hall–Kier alpha value is -3.63. The first-order valence-corrected chi connectivity index (χ1v) is 14.4. The summed E-state index contributed by atoms with van der Waals surface area (Å²) in [5.41, 5.74) is 7.74. The van der Waals surface area contributed by atoms with Crippen molar-refractivity contribution in [3.63, 3.8) is 0 Å². The Morgan fingerprint density at radius 1 is 1.05 bits per heavy atom.